The zero-order chi connectivity index (χ0) is 13.8. The Morgan fingerprint density at radius 3 is 2.58 bits per heavy atom. The lowest BCUT2D eigenvalue weighted by molar-refractivity contribution is 0.905. The van der Waals surface area contributed by atoms with Gasteiger partial charge >= 0.3 is 0 Å². The van der Waals surface area contributed by atoms with E-state index in [1.807, 2.05) is 26.1 Å². The van der Waals surface area contributed by atoms with Gasteiger partial charge in [-0.1, -0.05) is 20.8 Å². The van der Waals surface area contributed by atoms with Crippen molar-refractivity contribution in [3.63, 3.8) is 0 Å². The smallest absolute Gasteiger partial charge is 0.162 e. The highest BCUT2D eigenvalue weighted by atomic mass is 15.3. The molecule has 104 valence electrons. The molecule has 0 bridgehead atoms. The fourth-order valence-electron chi connectivity index (χ4n) is 2.38. The Bertz CT molecular complexity index is 540. The summed E-state index contributed by atoms with van der Waals surface area (Å²) in [7, 11) is 0. The second-order valence-electron chi connectivity index (χ2n) is 4.49. The number of aryl methyl sites for hydroxylation is 1. The molecule has 1 aliphatic heterocycles. The van der Waals surface area contributed by atoms with E-state index in [0.29, 0.717) is 5.82 Å². The van der Waals surface area contributed by atoms with E-state index in [1.165, 1.54) is 12.8 Å². The van der Waals surface area contributed by atoms with Gasteiger partial charge in [0.2, 0.25) is 0 Å². The molecule has 5 heteroatoms. The van der Waals surface area contributed by atoms with Crippen molar-refractivity contribution in [1.82, 2.24) is 14.6 Å². The predicted molar refractivity (Wildman–Crippen MR) is 79.6 cm³/mol. The molecular formula is C14H23N5. The van der Waals surface area contributed by atoms with Crippen LogP contribution in [0.1, 0.15) is 39.2 Å². The molecule has 2 N–H and O–H groups in total. The maximum Gasteiger partial charge on any atom is 0.162 e. The van der Waals surface area contributed by atoms with Crippen LogP contribution in [0.5, 0.6) is 0 Å². The minimum absolute atomic E-state index is 0.664. The van der Waals surface area contributed by atoms with Gasteiger partial charge in [-0.3, -0.25) is 0 Å². The third kappa shape index (κ3) is 2.50. The van der Waals surface area contributed by atoms with Gasteiger partial charge in [-0.25, -0.2) is 4.98 Å². The van der Waals surface area contributed by atoms with Crippen LogP contribution in [0, 0.1) is 0 Å². The highest BCUT2D eigenvalue weighted by Gasteiger charge is 2.16. The highest BCUT2D eigenvalue weighted by Crippen LogP contribution is 2.22. The van der Waals surface area contributed by atoms with Crippen molar-refractivity contribution in [2.75, 3.05) is 23.7 Å². The van der Waals surface area contributed by atoms with Gasteiger partial charge in [0.15, 0.2) is 5.65 Å². The van der Waals surface area contributed by atoms with Crippen molar-refractivity contribution in [3.05, 3.63) is 17.8 Å². The van der Waals surface area contributed by atoms with E-state index in [4.69, 9.17) is 10.7 Å². The summed E-state index contributed by atoms with van der Waals surface area (Å²) < 4.78 is 1.72. The number of anilines is 2. The molecule has 3 heterocycles. The van der Waals surface area contributed by atoms with Crippen LogP contribution < -0.4 is 10.6 Å². The molecule has 0 radical (unpaired) electrons. The lowest BCUT2D eigenvalue weighted by atomic mass is 10.3. The molecule has 2 aromatic heterocycles. The Morgan fingerprint density at radius 1 is 1.26 bits per heavy atom. The van der Waals surface area contributed by atoms with Gasteiger partial charge in [0, 0.05) is 24.7 Å². The van der Waals surface area contributed by atoms with Gasteiger partial charge < -0.3 is 10.6 Å². The van der Waals surface area contributed by atoms with Crippen LogP contribution in [0.2, 0.25) is 0 Å². The molecule has 0 aromatic carbocycles. The predicted octanol–water partition coefficient (Wildman–Crippen LogP) is 2.50. The lowest BCUT2D eigenvalue weighted by Crippen LogP contribution is -2.20. The van der Waals surface area contributed by atoms with Gasteiger partial charge in [-0.05, 0) is 19.3 Å². The normalized spacial score (nSPS) is 14.6. The molecule has 0 unspecified atom stereocenters. The Balaban J connectivity index is 0.000000637. The molecule has 19 heavy (non-hydrogen) atoms. The average molecular weight is 261 g/mol. The summed E-state index contributed by atoms with van der Waals surface area (Å²) in [6, 6.07) is 1.92. The summed E-state index contributed by atoms with van der Waals surface area (Å²) in [5.74, 6) is 1.65. The minimum atomic E-state index is 0.664. The summed E-state index contributed by atoms with van der Waals surface area (Å²) in [6.07, 6.45) is 5.27. The topological polar surface area (TPSA) is 59.5 Å². The lowest BCUT2D eigenvalue weighted by Gasteiger charge is -2.17. The Labute approximate surface area is 114 Å². The molecule has 1 fully saturated rings. The SMILES string of the molecule is CC.CCc1cnn2c(N)cc(N3CCCC3)nc12. The summed E-state index contributed by atoms with van der Waals surface area (Å²) in [5.41, 5.74) is 8.07. The molecule has 0 amide bonds. The minimum Gasteiger partial charge on any atom is -0.383 e. The molecule has 0 aliphatic carbocycles. The van der Waals surface area contributed by atoms with Crippen LogP contribution in [-0.4, -0.2) is 27.7 Å². The van der Waals surface area contributed by atoms with Crippen LogP contribution in [-0.2, 0) is 6.42 Å². The largest absolute Gasteiger partial charge is 0.383 e. The van der Waals surface area contributed by atoms with Crippen LogP contribution >= 0.6 is 0 Å². The maximum absolute atomic E-state index is 6.03. The van der Waals surface area contributed by atoms with Gasteiger partial charge in [-0.15, -0.1) is 0 Å². The van der Waals surface area contributed by atoms with Gasteiger partial charge in [0.05, 0.1) is 6.20 Å². The van der Waals surface area contributed by atoms with Crippen molar-refractivity contribution >= 4 is 17.3 Å². The van der Waals surface area contributed by atoms with Crippen LogP contribution in [0.3, 0.4) is 0 Å². The van der Waals surface area contributed by atoms with Crippen LogP contribution in [0.4, 0.5) is 11.6 Å². The van der Waals surface area contributed by atoms with Crippen molar-refractivity contribution < 1.29 is 0 Å². The number of nitrogen functional groups attached to an aromatic ring is 1. The monoisotopic (exact) mass is 261 g/mol. The summed E-state index contributed by atoms with van der Waals surface area (Å²) in [5, 5.41) is 4.27. The van der Waals surface area contributed by atoms with E-state index in [-0.39, 0.29) is 0 Å². The molecule has 0 saturated carbocycles. The van der Waals surface area contributed by atoms with Crippen LogP contribution in [0.25, 0.3) is 5.65 Å². The molecule has 2 aromatic rings. The molecule has 1 saturated heterocycles. The Kier molecular flexibility index (Phi) is 4.24. The summed E-state index contributed by atoms with van der Waals surface area (Å²) in [4.78, 5) is 6.99. The Morgan fingerprint density at radius 2 is 1.95 bits per heavy atom. The first-order valence-electron chi connectivity index (χ1n) is 7.17. The third-order valence-electron chi connectivity index (χ3n) is 3.37. The van der Waals surface area contributed by atoms with Crippen LogP contribution in [0.15, 0.2) is 12.3 Å². The first-order valence-corrected chi connectivity index (χ1v) is 7.17. The quantitative estimate of drug-likeness (QED) is 0.902. The maximum atomic E-state index is 6.03. The zero-order valence-corrected chi connectivity index (χ0v) is 12.1. The summed E-state index contributed by atoms with van der Waals surface area (Å²) >= 11 is 0. The standard InChI is InChI=1S/C12H17N5.C2H6/c1-2-9-8-14-17-10(13)7-11(15-12(9)17)16-5-3-4-6-16;1-2/h7-8H,2-6,13H2,1H3;1-2H3. The second kappa shape index (κ2) is 5.91. The van der Waals surface area contributed by atoms with Gasteiger partial charge in [0.1, 0.15) is 11.6 Å². The Hall–Kier alpha value is -1.78. The van der Waals surface area contributed by atoms with E-state index in [9.17, 15) is 0 Å². The van der Waals surface area contributed by atoms with Gasteiger partial charge in [-0.2, -0.15) is 9.61 Å². The molecule has 0 atom stereocenters. The van der Waals surface area contributed by atoms with E-state index in [1.54, 1.807) is 4.52 Å². The number of nitrogens with two attached hydrogens (primary N) is 1. The molecule has 5 nitrogen and oxygen atoms in total. The van der Waals surface area contributed by atoms with Crippen molar-refractivity contribution in [1.29, 1.82) is 0 Å². The van der Waals surface area contributed by atoms with Crippen molar-refractivity contribution in [3.8, 4) is 0 Å². The highest BCUT2D eigenvalue weighted by molar-refractivity contribution is 5.59. The third-order valence-corrected chi connectivity index (χ3v) is 3.37. The number of aromatic nitrogens is 3. The molecular weight excluding hydrogens is 238 g/mol. The first-order chi connectivity index (χ1) is 9.29. The zero-order valence-electron chi connectivity index (χ0n) is 12.1. The molecule has 0 spiro atoms. The fraction of sp³-hybridized carbons (Fsp3) is 0.571. The first kappa shape index (κ1) is 13.6. The summed E-state index contributed by atoms with van der Waals surface area (Å²) in [6.45, 7) is 8.27. The fourth-order valence-corrected chi connectivity index (χ4v) is 2.38. The van der Waals surface area contributed by atoms with E-state index in [2.05, 4.69) is 16.9 Å². The average Bonchev–Trinajstić information content (AvgIpc) is 3.10. The van der Waals surface area contributed by atoms with E-state index in [0.717, 1.165) is 36.5 Å². The number of nitrogens with zero attached hydrogens (tertiary/aromatic N) is 4. The number of rotatable bonds is 2. The number of fused-ring (bicyclic) bond motifs is 1. The second-order valence-corrected chi connectivity index (χ2v) is 4.49. The van der Waals surface area contributed by atoms with E-state index < -0.39 is 0 Å². The molecule has 1 aliphatic rings. The van der Waals surface area contributed by atoms with E-state index >= 15 is 0 Å². The van der Waals surface area contributed by atoms with Crippen molar-refractivity contribution in [2.24, 2.45) is 0 Å². The number of hydrogen-bond donors (Lipinski definition) is 1. The van der Waals surface area contributed by atoms with Gasteiger partial charge in [0.25, 0.3) is 0 Å². The number of hydrogen-bond acceptors (Lipinski definition) is 4. The van der Waals surface area contributed by atoms with Crippen molar-refractivity contribution in [2.45, 2.75) is 40.0 Å². The molecule has 3 rings (SSSR count).